The summed E-state index contributed by atoms with van der Waals surface area (Å²) in [7, 11) is -0.623. The average molecular weight is 284 g/mol. The normalized spacial score (nSPS) is 12.7. The molecule has 0 atom stereocenters. The van der Waals surface area contributed by atoms with Crippen molar-refractivity contribution in [1.29, 1.82) is 0 Å². The SMILES string of the molecule is CC(C)n1c(=O)oc2cc(S(=O)(=O)N(C)C)ccc21. The maximum absolute atomic E-state index is 12.0. The highest BCUT2D eigenvalue weighted by molar-refractivity contribution is 7.89. The second-order valence-electron chi connectivity index (χ2n) is 4.75. The molecule has 7 heteroatoms. The van der Waals surface area contributed by atoms with Gasteiger partial charge in [0.2, 0.25) is 10.0 Å². The lowest BCUT2D eigenvalue weighted by Crippen LogP contribution is -2.22. The van der Waals surface area contributed by atoms with Gasteiger partial charge in [-0.3, -0.25) is 4.57 Å². The van der Waals surface area contributed by atoms with Crippen molar-refractivity contribution >= 4 is 21.1 Å². The fourth-order valence-electron chi connectivity index (χ4n) is 1.88. The molecule has 1 heterocycles. The fraction of sp³-hybridized carbons (Fsp3) is 0.417. The van der Waals surface area contributed by atoms with E-state index in [0.717, 1.165) is 4.31 Å². The van der Waals surface area contributed by atoms with Crippen LogP contribution in [0.15, 0.2) is 32.3 Å². The molecule has 0 saturated heterocycles. The van der Waals surface area contributed by atoms with E-state index in [-0.39, 0.29) is 16.5 Å². The number of benzene rings is 1. The zero-order valence-corrected chi connectivity index (χ0v) is 12.1. The van der Waals surface area contributed by atoms with Crippen molar-refractivity contribution in [3.8, 4) is 0 Å². The number of nitrogens with zero attached hydrogens (tertiary/aromatic N) is 2. The van der Waals surface area contributed by atoms with E-state index >= 15 is 0 Å². The lowest BCUT2D eigenvalue weighted by Gasteiger charge is -2.11. The summed E-state index contributed by atoms with van der Waals surface area (Å²) in [5.41, 5.74) is 0.874. The largest absolute Gasteiger partial charge is 0.420 e. The molecule has 0 saturated carbocycles. The molecule has 1 aromatic carbocycles. The van der Waals surface area contributed by atoms with Crippen molar-refractivity contribution < 1.29 is 12.8 Å². The number of rotatable bonds is 3. The Morgan fingerprint density at radius 1 is 1.26 bits per heavy atom. The second kappa shape index (κ2) is 4.50. The number of oxazole rings is 1. The highest BCUT2D eigenvalue weighted by Crippen LogP contribution is 2.22. The van der Waals surface area contributed by atoms with Gasteiger partial charge in [-0.25, -0.2) is 17.5 Å². The third-order valence-corrected chi connectivity index (χ3v) is 4.69. The summed E-state index contributed by atoms with van der Waals surface area (Å²) in [6.45, 7) is 3.72. The first-order valence-electron chi connectivity index (χ1n) is 5.82. The lowest BCUT2D eigenvalue weighted by atomic mass is 10.3. The Hall–Kier alpha value is -1.60. The minimum atomic E-state index is -3.53. The highest BCUT2D eigenvalue weighted by atomic mass is 32.2. The first-order valence-corrected chi connectivity index (χ1v) is 7.27. The highest BCUT2D eigenvalue weighted by Gasteiger charge is 2.20. The Morgan fingerprint density at radius 2 is 1.89 bits per heavy atom. The molecule has 0 N–H and O–H groups in total. The van der Waals surface area contributed by atoms with Crippen LogP contribution >= 0.6 is 0 Å². The van der Waals surface area contributed by atoms with E-state index in [2.05, 4.69) is 0 Å². The van der Waals surface area contributed by atoms with Crippen LogP contribution in [0.4, 0.5) is 0 Å². The smallest absolute Gasteiger partial charge is 0.408 e. The molecule has 0 unspecified atom stereocenters. The van der Waals surface area contributed by atoms with Crippen LogP contribution in [0.25, 0.3) is 11.1 Å². The van der Waals surface area contributed by atoms with Crippen LogP contribution in [-0.4, -0.2) is 31.4 Å². The summed E-state index contributed by atoms with van der Waals surface area (Å²) in [4.78, 5) is 11.8. The molecule has 2 aromatic rings. The molecular weight excluding hydrogens is 268 g/mol. The first kappa shape index (κ1) is 13.8. The van der Waals surface area contributed by atoms with Gasteiger partial charge in [0.25, 0.3) is 0 Å². The van der Waals surface area contributed by atoms with Gasteiger partial charge >= 0.3 is 5.76 Å². The molecule has 0 amide bonds. The Morgan fingerprint density at radius 3 is 2.42 bits per heavy atom. The number of fused-ring (bicyclic) bond motifs is 1. The van der Waals surface area contributed by atoms with Crippen LogP contribution in [0.1, 0.15) is 19.9 Å². The van der Waals surface area contributed by atoms with Crippen molar-refractivity contribution in [3.63, 3.8) is 0 Å². The number of hydrogen-bond acceptors (Lipinski definition) is 4. The van der Waals surface area contributed by atoms with Gasteiger partial charge in [0.05, 0.1) is 10.4 Å². The summed E-state index contributed by atoms with van der Waals surface area (Å²) in [5.74, 6) is -0.482. The predicted octanol–water partition coefficient (Wildman–Crippen LogP) is 1.43. The zero-order chi connectivity index (χ0) is 14.4. The third kappa shape index (κ3) is 2.19. The minimum Gasteiger partial charge on any atom is -0.408 e. The summed E-state index contributed by atoms with van der Waals surface area (Å²) >= 11 is 0. The first-order chi connectivity index (χ1) is 8.75. The lowest BCUT2D eigenvalue weighted by molar-refractivity contribution is 0.477. The maximum Gasteiger partial charge on any atom is 0.420 e. The minimum absolute atomic E-state index is 0.0509. The number of aromatic nitrogens is 1. The maximum atomic E-state index is 12.0. The third-order valence-electron chi connectivity index (χ3n) is 2.88. The quantitative estimate of drug-likeness (QED) is 0.854. The Bertz CT molecular complexity index is 769. The predicted molar refractivity (Wildman–Crippen MR) is 71.7 cm³/mol. The molecular formula is C12H16N2O4S. The van der Waals surface area contributed by atoms with Crippen LogP contribution in [0, 0.1) is 0 Å². The Labute approximate surface area is 111 Å². The molecule has 0 fully saturated rings. The molecule has 19 heavy (non-hydrogen) atoms. The molecule has 0 bridgehead atoms. The molecule has 0 spiro atoms. The van der Waals surface area contributed by atoms with Crippen LogP contribution in [0.5, 0.6) is 0 Å². The van der Waals surface area contributed by atoms with Gasteiger partial charge in [-0.05, 0) is 26.0 Å². The van der Waals surface area contributed by atoms with Gasteiger partial charge in [0, 0.05) is 26.2 Å². The van der Waals surface area contributed by atoms with Crippen molar-refractivity contribution in [2.24, 2.45) is 0 Å². The molecule has 1 aromatic heterocycles. The van der Waals surface area contributed by atoms with Crippen molar-refractivity contribution in [1.82, 2.24) is 8.87 Å². The van der Waals surface area contributed by atoms with Crippen LogP contribution in [0.3, 0.4) is 0 Å². The van der Waals surface area contributed by atoms with Crippen LogP contribution < -0.4 is 5.76 Å². The molecule has 2 rings (SSSR count). The van der Waals surface area contributed by atoms with Crippen molar-refractivity contribution in [3.05, 3.63) is 28.7 Å². The number of sulfonamides is 1. The Balaban J connectivity index is 2.71. The van der Waals surface area contributed by atoms with E-state index in [1.807, 2.05) is 13.8 Å². The standard InChI is InChI=1S/C12H16N2O4S/c1-8(2)14-10-6-5-9(19(16,17)13(3)4)7-11(10)18-12(14)15/h5-8H,1-4H3. The second-order valence-corrected chi connectivity index (χ2v) is 6.90. The molecule has 0 aliphatic rings. The van der Waals surface area contributed by atoms with Gasteiger partial charge in [0.1, 0.15) is 0 Å². The van der Waals surface area contributed by atoms with Gasteiger partial charge in [-0.2, -0.15) is 0 Å². The summed E-state index contributed by atoms with van der Waals surface area (Å²) in [5, 5.41) is 0. The van der Waals surface area contributed by atoms with Gasteiger partial charge in [-0.1, -0.05) is 0 Å². The van der Waals surface area contributed by atoms with Gasteiger partial charge in [0.15, 0.2) is 5.58 Å². The summed E-state index contributed by atoms with van der Waals surface area (Å²) in [6.07, 6.45) is 0. The molecule has 0 aliphatic heterocycles. The van der Waals surface area contributed by atoms with Gasteiger partial charge < -0.3 is 4.42 Å². The fourth-order valence-corrected chi connectivity index (χ4v) is 2.79. The molecule has 0 aliphatic carbocycles. The molecule has 6 nitrogen and oxygen atoms in total. The van der Waals surface area contributed by atoms with Crippen molar-refractivity contribution in [2.75, 3.05) is 14.1 Å². The van der Waals surface area contributed by atoms with E-state index in [9.17, 15) is 13.2 Å². The Kier molecular flexibility index (Phi) is 3.27. The van der Waals surface area contributed by atoms with E-state index in [4.69, 9.17) is 4.42 Å². The topological polar surface area (TPSA) is 72.5 Å². The van der Waals surface area contributed by atoms with Crippen LogP contribution in [-0.2, 0) is 10.0 Å². The molecule has 0 radical (unpaired) electrons. The molecule has 104 valence electrons. The van der Waals surface area contributed by atoms with E-state index in [1.54, 1.807) is 6.07 Å². The summed E-state index contributed by atoms with van der Waals surface area (Å²) < 4.78 is 31.7. The van der Waals surface area contributed by atoms with E-state index < -0.39 is 15.8 Å². The number of hydrogen-bond donors (Lipinski definition) is 0. The monoisotopic (exact) mass is 284 g/mol. The summed E-state index contributed by atoms with van der Waals surface area (Å²) in [6, 6.07) is 4.40. The van der Waals surface area contributed by atoms with Crippen LogP contribution in [0.2, 0.25) is 0 Å². The zero-order valence-electron chi connectivity index (χ0n) is 11.2. The average Bonchev–Trinajstić information content (AvgIpc) is 2.63. The van der Waals surface area contributed by atoms with Crippen molar-refractivity contribution in [2.45, 2.75) is 24.8 Å². The van der Waals surface area contributed by atoms with E-state index in [0.29, 0.717) is 5.52 Å². The van der Waals surface area contributed by atoms with Gasteiger partial charge in [-0.15, -0.1) is 0 Å². The van der Waals surface area contributed by atoms with E-state index in [1.165, 1.54) is 30.8 Å².